The van der Waals surface area contributed by atoms with Gasteiger partial charge in [-0.1, -0.05) is 11.6 Å². The lowest BCUT2D eigenvalue weighted by Crippen LogP contribution is -2.58. The van der Waals surface area contributed by atoms with E-state index in [0.29, 0.717) is 53.5 Å². The summed E-state index contributed by atoms with van der Waals surface area (Å²) in [6, 6.07) is 9.08. The number of likely N-dealkylation sites (N-methyl/N-ethyl adjacent to an activating group) is 1. The molecule has 63 heavy (non-hydrogen) atoms. The largest absolute Gasteiger partial charge is 0.478 e. The third-order valence-electron chi connectivity index (χ3n) is 13.4. The number of benzene rings is 2. The molecule has 16 nitrogen and oxygen atoms in total. The number of aromatic nitrogens is 3. The Morgan fingerprint density at radius 3 is 2.44 bits per heavy atom. The first-order valence-electron chi connectivity index (χ1n) is 21.9. The van der Waals surface area contributed by atoms with Gasteiger partial charge in [-0.3, -0.25) is 33.8 Å². The van der Waals surface area contributed by atoms with Crippen molar-refractivity contribution in [1.29, 1.82) is 0 Å². The molecule has 9 rings (SSSR count). The molecule has 2 aromatic carbocycles. The third kappa shape index (κ3) is 8.05. The van der Waals surface area contributed by atoms with Crippen molar-refractivity contribution in [3.8, 4) is 5.75 Å². The lowest BCUT2D eigenvalue weighted by Gasteiger charge is -2.55. The number of amides is 4. The highest BCUT2D eigenvalue weighted by Crippen LogP contribution is 2.49. The fraction of sp³-hybridized carbons (Fsp3) is 0.489. The van der Waals surface area contributed by atoms with E-state index in [9.17, 15) is 24.0 Å². The number of nitrogens with one attached hydrogen (secondary N) is 3. The van der Waals surface area contributed by atoms with Gasteiger partial charge >= 0.3 is 0 Å². The number of hydrogen-bond acceptors (Lipinski definition) is 12. The molecule has 4 aliphatic heterocycles. The Balaban J connectivity index is 0.785. The number of anilines is 4. The molecule has 2 aromatic heterocycles. The van der Waals surface area contributed by atoms with Crippen LogP contribution in [0.5, 0.6) is 5.75 Å². The van der Waals surface area contributed by atoms with Gasteiger partial charge in [0.25, 0.3) is 23.3 Å². The first-order valence-corrected chi connectivity index (χ1v) is 22.2. The van der Waals surface area contributed by atoms with Crippen LogP contribution >= 0.6 is 11.6 Å². The zero-order valence-corrected chi connectivity index (χ0v) is 36.5. The van der Waals surface area contributed by atoms with Crippen molar-refractivity contribution in [3.63, 3.8) is 0 Å². The molecule has 1 unspecified atom stereocenters. The minimum Gasteiger partial charge on any atom is -0.478 e. The van der Waals surface area contributed by atoms with Crippen LogP contribution in [0.15, 0.2) is 47.4 Å². The topological polar surface area (TPSA) is 174 Å². The Morgan fingerprint density at radius 1 is 0.984 bits per heavy atom. The molecule has 6 heterocycles. The molecule has 1 saturated carbocycles. The maximum Gasteiger partial charge on any atom is 0.293 e. The van der Waals surface area contributed by atoms with Crippen molar-refractivity contribution in [3.05, 3.63) is 74.9 Å². The summed E-state index contributed by atoms with van der Waals surface area (Å²) in [6.45, 7) is 9.85. The third-order valence-corrected chi connectivity index (χ3v) is 13.7. The SMILES string of the molecule is CNC(=O)COc1cc2cc(Nc3nc(N4CCN(CC5CCC6(CC5)CN(c5ccc(F)c7c5C(=O)N(C5CCCNC5=O)C7=O)C6)CC4)ncc3Cl)ccc2n(C(C)C)c1=O. The highest BCUT2D eigenvalue weighted by Gasteiger charge is 2.50. The lowest BCUT2D eigenvalue weighted by atomic mass is 9.65. The number of piperidine rings is 1. The Bertz CT molecular complexity index is 2550. The quantitative estimate of drug-likeness (QED) is 0.177. The van der Waals surface area contributed by atoms with Crippen molar-refractivity contribution in [2.45, 2.75) is 64.5 Å². The molecule has 0 bridgehead atoms. The fourth-order valence-corrected chi connectivity index (χ4v) is 10.2. The van der Waals surface area contributed by atoms with Crippen LogP contribution in [0, 0.1) is 17.2 Å². The Labute approximate surface area is 369 Å². The number of ether oxygens (including phenoxy) is 1. The van der Waals surface area contributed by atoms with Crippen LogP contribution in [0.4, 0.5) is 27.5 Å². The highest BCUT2D eigenvalue weighted by molar-refractivity contribution is 6.33. The predicted molar refractivity (Wildman–Crippen MR) is 237 cm³/mol. The van der Waals surface area contributed by atoms with E-state index < -0.39 is 23.7 Å². The van der Waals surface area contributed by atoms with Crippen LogP contribution in [0.25, 0.3) is 10.9 Å². The van der Waals surface area contributed by atoms with Gasteiger partial charge in [-0.15, -0.1) is 0 Å². The summed E-state index contributed by atoms with van der Waals surface area (Å²) < 4.78 is 22.3. The summed E-state index contributed by atoms with van der Waals surface area (Å²) in [5.74, 6) is -1.05. The van der Waals surface area contributed by atoms with E-state index in [4.69, 9.17) is 21.3 Å². The Morgan fingerprint density at radius 2 is 1.73 bits per heavy atom. The molecule has 1 atom stereocenters. The highest BCUT2D eigenvalue weighted by atomic mass is 35.5. The summed E-state index contributed by atoms with van der Waals surface area (Å²) in [7, 11) is 1.51. The number of fused-ring (bicyclic) bond motifs is 2. The minimum absolute atomic E-state index is 0.0860. The number of carbonyl (C=O) groups excluding carboxylic acids is 4. The van der Waals surface area contributed by atoms with Crippen molar-refractivity contribution >= 4 is 69.3 Å². The van der Waals surface area contributed by atoms with E-state index in [2.05, 4.69) is 35.6 Å². The molecule has 4 aromatic rings. The second-order valence-electron chi connectivity index (χ2n) is 17.8. The van der Waals surface area contributed by atoms with E-state index in [1.54, 1.807) is 22.9 Å². The van der Waals surface area contributed by atoms with Gasteiger partial charge in [-0.05, 0) is 94.7 Å². The average molecular weight is 883 g/mol. The lowest BCUT2D eigenvalue weighted by molar-refractivity contribution is -0.126. The number of rotatable bonds is 11. The normalized spacial score (nSPS) is 20.3. The van der Waals surface area contributed by atoms with Gasteiger partial charge in [0.05, 0.1) is 28.5 Å². The van der Waals surface area contributed by atoms with E-state index in [-0.39, 0.29) is 52.3 Å². The molecule has 1 aliphatic carbocycles. The van der Waals surface area contributed by atoms with Crippen LogP contribution in [-0.2, 0) is 9.59 Å². The predicted octanol–water partition coefficient (Wildman–Crippen LogP) is 4.73. The van der Waals surface area contributed by atoms with Gasteiger partial charge in [0, 0.05) is 81.9 Å². The molecule has 18 heteroatoms. The monoisotopic (exact) mass is 882 g/mol. The summed E-state index contributed by atoms with van der Waals surface area (Å²) >= 11 is 6.61. The zero-order chi connectivity index (χ0) is 44.2. The second kappa shape index (κ2) is 17.1. The molecule has 3 N–H and O–H groups in total. The molecule has 332 valence electrons. The second-order valence-corrected chi connectivity index (χ2v) is 18.2. The fourth-order valence-electron chi connectivity index (χ4n) is 10.1. The number of pyridine rings is 1. The number of nitrogens with zero attached hydrogens (tertiary/aromatic N) is 7. The van der Waals surface area contributed by atoms with E-state index >= 15 is 4.39 Å². The summed E-state index contributed by atoms with van der Waals surface area (Å²) in [5, 5.41) is 9.68. The van der Waals surface area contributed by atoms with E-state index in [0.717, 1.165) is 87.3 Å². The zero-order valence-electron chi connectivity index (χ0n) is 35.7. The molecular formula is C45H52ClFN10O6. The van der Waals surface area contributed by atoms with Gasteiger partial charge in [-0.25, -0.2) is 9.37 Å². The number of imide groups is 1. The van der Waals surface area contributed by atoms with E-state index in [1.165, 1.54) is 13.1 Å². The first kappa shape index (κ1) is 42.5. The van der Waals surface area contributed by atoms with Crippen LogP contribution in [-0.4, -0.2) is 120 Å². The van der Waals surface area contributed by atoms with Crippen molar-refractivity contribution in [2.75, 3.05) is 81.1 Å². The molecule has 0 radical (unpaired) electrons. The molecule has 3 saturated heterocycles. The van der Waals surface area contributed by atoms with Gasteiger partial charge in [0.2, 0.25) is 11.9 Å². The van der Waals surface area contributed by atoms with Crippen molar-refractivity contribution in [1.82, 2.24) is 35.0 Å². The minimum atomic E-state index is -0.918. The van der Waals surface area contributed by atoms with Crippen molar-refractivity contribution < 1.29 is 28.3 Å². The van der Waals surface area contributed by atoms with Crippen LogP contribution in [0.3, 0.4) is 0 Å². The Kier molecular flexibility index (Phi) is 11.5. The van der Waals surface area contributed by atoms with Gasteiger partial charge in [0.1, 0.15) is 16.9 Å². The maximum atomic E-state index is 15.1. The van der Waals surface area contributed by atoms with Gasteiger partial charge < -0.3 is 35.1 Å². The van der Waals surface area contributed by atoms with Crippen molar-refractivity contribution in [2.24, 2.45) is 11.3 Å². The molecule has 5 aliphatic rings. The first-order chi connectivity index (χ1) is 30.3. The van der Waals surface area contributed by atoms with Crippen LogP contribution in [0.1, 0.15) is 79.1 Å². The summed E-state index contributed by atoms with van der Waals surface area (Å²) in [6.07, 6.45) is 6.95. The maximum absolute atomic E-state index is 15.1. The smallest absolute Gasteiger partial charge is 0.293 e. The van der Waals surface area contributed by atoms with Gasteiger partial charge in [0.15, 0.2) is 18.2 Å². The number of carbonyl (C=O) groups is 4. The standard InChI is InChI=1S/C45H52ClFN10O6/c1-26(2)56-32-8-6-29(19-28(32)20-35(41(56)60)63-23-36(58)48-3)51-39-30(46)21-50-44(52-39)54-17-15-53(16-18-54)22-27-10-12-45(13-11-27)24-55(25-45)33-9-7-31(47)37-38(33)43(62)57(42(37)61)34-5-4-14-49-40(34)59/h6-9,19-21,26-27,34H,4-5,10-18,22-25H2,1-3H3,(H,48,58)(H,49,59)(H,50,51,52). The number of hydrogen-bond donors (Lipinski definition) is 3. The molecule has 4 amide bonds. The van der Waals surface area contributed by atoms with Crippen LogP contribution in [0.2, 0.25) is 5.02 Å². The average Bonchev–Trinajstić information content (AvgIpc) is 3.53. The van der Waals surface area contributed by atoms with Gasteiger partial charge in [-0.2, -0.15) is 4.98 Å². The van der Waals surface area contributed by atoms with E-state index in [1.807, 2.05) is 32.0 Å². The molecule has 4 fully saturated rings. The summed E-state index contributed by atoms with van der Waals surface area (Å²) in [4.78, 5) is 81.9. The number of halogens is 2. The molecular weight excluding hydrogens is 831 g/mol. The Hall–Kier alpha value is -5.81. The molecule has 1 spiro atoms. The van der Waals surface area contributed by atoms with Crippen LogP contribution < -0.4 is 36.0 Å². The summed E-state index contributed by atoms with van der Waals surface area (Å²) in [5.41, 5.74) is 1.69. The number of piperazine rings is 1.